The molecule has 2 rings (SSSR count). The number of aromatic nitrogens is 2. The van der Waals surface area contributed by atoms with E-state index in [1.165, 1.54) is 6.20 Å². The van der Waals surface area contributed by atoms with E-state index >= 15 is 0 Å². The number of aromatic amines is 1. The zero-order valence-corrected chi connectivity index (χ0v) is 6.74. The van der Waals surface area contributed by atoms with Crippen molar-refractivity contribution in [2.75, 3.05) is 5.73 Å². The summed E-state index contributed by atoms with van der Waals surface area (Å²) in [4.78, 5) is 17.6. The average molecular weight is 176 g/mol. The van der Waals surface area contributed by atoms with E-state index in [9.17, 15) is 4.79 Å². The number of nitrogen functional groups attached to an aromatic ring is 1. The predicted molar refractivity (Wildman–Crippen MR) is 49.0 cm³/mol. The van der Waals surface area contributed by atoms with Gasteiger partial charge in [-0.15, -0.1) is 0 Å². The Hall–Kier alpha value is -2.04. The van der Waals surface area contributed by atoms with Gasteiger partial charge in [0.2, 0.25) is 0 Å². The number of anilines is 1. The highest BCUT2D eigenvalue weighted by Gasteiger charge is 2.05. The Kier molecular flexibility index (Phi) is 1.45. The van der Waals surface area contributed by atoms with E-state index in [2.05, 4.69) is 9.97 Å². The first kappa shape index (κ1) is 7.60. The van der Waals surface area contributed by atoms with Crippen LogP contribution in [-0.4, -0.2) is 15.9 Å². The van der Waals surface area contributed by atoms with Crippen LogP contribution in [-0.2, 0) is 0 Å². The van der Waals surface area contributed by atoms with Gasteiger partial charge in [-0.3, -0.25) is 4.79 Å². The molecule has 66 valence electrons. The lowest BCUT2D eigenvalue weighted by Gasteiger charge is -1.89. The molecule has 2 aromatic rings. The number of rotatable bonds is 1. The van der Waals surface area contributed by atoms with E-state index in [1.807, 2.05) is 0 Å². The molecular weight excluding hydrogens is 168 g/mol. The number of nitrogens with one attached hydrogen (secondary N) is 1. The van der Waals surface area contributed by atoms with Crippen molar-refractivity contribution in [2.24, 2.45) is 5.73 Å². The molecule has 5 nitrogen and oxygen atoms in total. The first-order chi connectivity index (χ1) is 6.16. The van der Waals surface area contributed by atoms with Crippen LogP contribution in [0.4, 0.5) is 5.69 Å². The lowest BCUT2D eigenvalue weighted by molar-refractivity contribution is 0.0996. The van der Waals surface area contributed by atoms with Crippen molar-refractivity contribution in [1.82, 2.24) is 9.97 Å². The maximum atomic E-state index is 10.8. The molecule has 0 saturated carbocycles. The molecule has 5 heteroatoms. The summed E-state index contributed by atoms with van der Waals surface area (Å²) in [6.45, 7) is 0. The van der Waals surface area contributed by atoms with Crippen LogP contribution in [0.5, 0.6) is 0 Å². The van der Waals surface area contributed by atoms with Crippen LogP contribution in [0.25, 0.3) is 11.0 Å². The van der Waals surface area contributed by atoms with Crippen LogP contribution in [0.3, 0.4) is 0 Å². The number of pyridine rings is 1. The van der Waals surface area contributed by atoms with Crippen molar-refractivity contribution in [1.29, 1.82) is 0 Å². The zero-order valence-electron chi connectivity index (χ0n) is 6.74. The van der Waals surface area contributed by atoms with Gasteiger partial charge in [-0.05, 0) is 12.1 Å². The van der Waals surface area contributed by atoms with Gasteiger partial charge in [0.15, 0.2) is 0 Å². The Morgan fingerprint density at radius 1 is 1.46 bits per heavy atom. The molecule has 0 unspecified atom stereocenters. The lowest BCUT2D eigenvalue weighted by atomic mass is 10.3. The molecule has 0 aliphatic carbocycles. The number of carbonyl (C=O) groups is 1. The largest absolute Gasteiger partial charge is 0.397 e. The highest BCUT2D eigenvalue weighted by atomic mass is 16.1. The van der Waals surface area contributed by atoms with E-state index in [-0.39, 0.29) is 0 Å². The molecule has 0 saturated heterocycles. The Morgan fingerprint density at radius 2 is 2.23 bits per heavy atom. The fourth-order valence-electron chi connectivity index (χ4n) is 1.17. The number of H-pyrrole nitrogens is 1. The van der Waals surface area contributed by atoms with Crippen LogP contribution < -0.4 is 11.5 Å². The molecule has 0 spiro atoms. The third-order valence-corrected chi connectivity index (χ3v) is 1.76. The smallest absolute Gasteiger partial charge is 0.265 e. The van der Waals surface area contributed by atoms with E-state index in [0.717, 1.165) is 5.39 Å². The van der Waals surface area contributed by atoms with Gasteiger partial charge < -0.3 is 16.5 Å². The number of carbonyl (C=O) groups excluding carboxylic acids is 1. The number of nitrogens with two attached hydrogens (primary N) is 2. The SMILES string of the molecule is NC(=O)c1cc2cc(N)cnc2[nH]1. The maximum Gasteiger partial charge on any atom is 0.265 e. The lowest BCUT2D eigenvalue weighted by Crippen LogP contribution is -2.10. The highest BCUT2D eigenvalue weighted by Crippen LogP contribution is 2.15. The first-order valence-corrected chi connectivity index (χ1v) is 3.71. The van der Waals surface area contributed by atoms with Gasteiger partial charge in [0.1, 0.15) is 11.3 Å². The highest BCUT2D eigenvalue weighted by molar-refractivity contribution is 5.96. The molecule has 5 N–H and O–H groups in total. The van der Waals surface area contributed by atoms with Gasteiger partial charge in [0, 0.05) is 5.39 Å². The summed E-state index contributed by atoms with van der Waals surface area (Å²) in [5.41, 5.74) is 12.1. The van der Waals surface area contributed by atoms with Crippen molar-refractivity contribution in [3.05, 3.63) is 24.0 Å². The summed E-state index contributed by atoms with van der Waals surface area (Å²) in [7, 11) is 0. The van der Waals surface area contributed by atoms with E-state index < -0.39 is 5.91 Å². The van der Waals surface area contributed by atoms with Crippen molar-refractivity contribution >= 4 is 22.6 Å². The van der Waals surface area contributed by atoms with Crippen LogP contribution in [0.15, 0.2) is 18.3 Å². The summed E-state index contributed by atoms with van der Waals surface area (Å²) >= 11 is 0. The summed E-state index contributed by atoms with van der Waals surface area (Å²) in [6, 6.07) is 3.35. The Balaban J connectivity index is 2.68. The molecule has 0 aromatic carbocycles. The molecule has 13 heavy (non-hydrogen) atoms. The number of primary amides is 1. The van der Waals surface area contributed by atoms with Gasteiger partial charge in [0.05, 0.1) is 11.9 Å². The molecule has 0 bridgehead atoms. The van der Waals surface area contributed by atoms with Crippen molar-refractivity contribution in [3.8, 4) is 0 Å². The number of hydrogen-bond donors (Lipinski definition) is 3. The van der Waals surface area contributed by atoms with Crippen molar-refractivity contribution in [3.63, 3.8) is 0 Å². The normalized spacial score (nSPS) is 10.5. The minimum Gasteiger partial charge on any atom is -0.397 e. The van der Waals surface area contributed by atoms with Crippen molar-refractivity contribution < 1.29 is 4.79 Å². The Labute approximate surface area is 73.7 Å². The van der Waals surface area contributed by atoms with Crippen LogP contribution in [0.2, 0.25) is 0 Å². The van der Waals surface area contributed by atoms with Gasteiger partial charge in [-0.25, -0.2) is 4.98 Å². The fourth-order valence-corrected chi connectivity index (χ4v) is 1.17. The molecular formula is C8H8N4O. The van der Waals surface area contributed by atoms with Crippen LogP contribution in [0, 0.1) is 0 Å². The summed E-state index contributed by atoms with van der Waals surface area (Å²) < 4.78 is 0. The number of hydrogen-bond acceptors (Lipinski definition) is 3. The number of nitrogens with zero attached hydrogens (tertiary/aromatic N) is 1. The van der Waals surface area contributed by atoms with Gasteiger partial charge in [-0.1, -0.05) is 0 Å². The fraction of sp³-hybridized carbons (Fsp3) is 0. The molecule has 2 aromatic heterocycles. The average Bonchev–Trinajstić information content (AvgIpc) is 2.46. The second kappa shape index (κ2) is 2.48. The second-order valence-corrected chi connectivity index (χ2v) is 2.75. The number of amides is 1. The zero-order chi connectivity index (χ0) is 9.42. The minimum absolute atomic E-state index is 0.341. The third kappa shape index (κ3) is 1.20. The minimum atomic E-state index is -0.503. The summed E-state index contributed by atoms with van der Waals surface area (Å²) in [6.07, 6.45) is 1.52. The molecule has 0 aliphatic heterocycles. The molecule has 0 aliphatic rings. The quantitative estimate of drug-likeness (QED) is 0.580. The van der Waals surface area contributed by atoms with Crippen LogP contribution >= 0.6 is 0 Å². The van der Waals surface area contributed by atoms with E-state index in [1.54, 1.807) is 12.1 Å². The third-order valence-electron chi connectivity index (χ3n) is 1.76. The van der Waals surface area contributed by atoms with Gasteiger partial charge in [0.25, 0.3) is 5.91 Å². The molecule has 0 fully saturated rings. The Morgan fingerprint density at radius 3 is 2.92 bits per heavy atom. The predicted octanol–water partition coefficient (Wildman–Crippen LogP) is 0.244. The molecule has 1 amide bonds. The molecule has 0 radical (unpaired) electrons. The van der Waals surface area contributed by atoms with E-state index in [0.29, 0.717) is 17.0 Å². The monoisotopic (exact) mass is 176 g/mol. The standard InChI is InChI=1S/C8H8N4O/c9-5-1-4-2-6(7(10)13)12-8(4)11-3-5/h1-3H,9H2,(H2,10,13)(H,11,12). The van der Waals surface area contributed by atoms with E-state index in [4.69, 9.17) is 11.5 Å². The Bertz CT molecular complexity index is 474. The molecule has 0 atom stereocenters. The topological polar surface area (TPSA) is 97.8 Å². The van der Waals surface area contributed by atoms with Gasteiger partial charge >= 0.3 is 0 Å². The van der Waals surface area contributed by atoms with Crippen molar-refractivity contribution in [2.45, 2.75) is 0 Å². The first-order valence-electron chi connectivity index (χ1n) is 3.71. The number of fused-ring (bicyclic) bond motifs is 1. The second-order valence-electron chi connectivity index (χ2n) is 2.75. The maximum absolute atomic E-state index is 10.8. The summed E-state index contributed by atoms with van der Waals surface area (Å²) in [5.74, 6) is -0.503. The van der Waals surface area contributed by atoms with Crippen LogP contribution in [0.1, 0.15) is 10.5 Å². The molecule has 2 heterocycles. The summed E-state index contributed by atoms with van der Waals surface area (Å²) in [5, 5.41) is 0.786. The van der Waals surface area contributed by atoms with Gasteiger partial charge in [-0.2, -0.15) is 0 Å².